The second kappa shape index (κ2) is 12.8. The number of likely N-dealkylation sites (tertiary alicyclic amines) is 1. The van der Waals surface area contributed by atoms with Crippen molar-refractivity contribution >= 4 is 52.7 Å². The molecule has 3 aliphatic heterocycles. The molecule has 3 aromatic rings. The lowest BCUT2D eigenvalue weighted by atomic mass is 9.88. The van der Waals surface area contributed by atoms with E-state index in [2.05, 4.69) is 16.0 Å². The van der Waals surface area contributed by atoms with E-state index in [1.807, 2.05) is 26.0 Å². The van der Waals surface area contributed by atoms with Gasteiger partial charge < -0.3 is 19.7 Å². The maximum Gasteiger partial charge on any atom is 0.412 e. The minimum absolute atomic E-state index is 0.0177. The lowest BCUT2D eigenvalue weighted by molar-refractivity contribution is -0.133. The van der Waals surface area contributed by atoms with Crippen molar-refractivity contribution in [2.45, 2.75) is 63.4 Å². The molecule has 47 heavy (non-hydrogen) atoms. The first kappa shape index (κ1) is 32.2. The van der Waals surface area contributed by atoms with Gasteiger partial charge >= 0.3 is 12.2 Å². The second-order valence-corrected chi connectivity index (χ2v) is 12.8. The number of pyridine rings is 1. The zero-order valence-corrected chi connectivity index (χ0v) is 27.0. The number of hydrogen-bond acceptors (Lipinski definition) is 7. The van der Waals surface area contributed by atoms with Gasteiger partial charge in [0.1, 0.15) is 0 Å². The maximum absolute atomic E-state index is 15.4. The highest BCUT2D eigenvalue weighted by Gasteiger charge is 2.51. The first-order chi connectivity index (χ1) is 22.5. The van der Waals surface area contributed by atoms with Gasteiger partial charge in [0.2, 0.25) is 11.8 Å². The van der Waals surface area contributed by atoms with Crippen molar-refractivity contribution < 1.29 is 33.0 Å². The lowest BCUT2D eigenvalue weighted by Gasteiger charge is -2.36. The van der Waals surface area contributed by atoms with E-state index in [-0.39, 0.29) is 59.9 Å². The van der Waals surface area contributed by atoms with Gasteiger partial charge in [-0.2, -0.15) is 0 Å². The number of aromatic nitrogens is 1. The summed E-state index contributed by atoms with van der Waals surface area (Å²) in [6, 6.07) is 11.8. The largest absolute Gasteiger partial charge is 0.453 e. The fourth-order valence-corrected chi connectivity index (χ4v) is 6.71. The van der Waals surface area contributed by atoms with Gasteiger partial charge in [-0.15, -0.1) is 0 Å². The van der Waals surface area contributed by atoms with Crippen LogP contribution in [0, 0.1) is 5.82 Å². The maximum atomic E-state index is 15.4. The first-order valence-corrected chi connectivity index (χ1v) is 15.9. The Morgan fingerprint density at radius 1 is 1.13 bits per heavy atom. The molecule has 1 saturated heterocycles. The Labute approximate surface area is 276 Å². The fourth-order valence-electron chi connectivity index (χ4n) is 6.55. The van der Waals surface area contributed by atoms with Gasteiger partial charge in [-0.05, 0) is 66.8 Å². The third kappa shape index (κ3) is 6.34. The van der Waals surface area contributed by atoms with Crippen LogP contribution in [-0.2, 0) is 24.7 Å². The minimum Gasteiger partial charge on any atom is -0.453 e. The number of rotatable bonds is 3. The van der Waals surface area contributed by atoms with E-state index in [0.29, 0.717) is 41.9 Å². The molecule has 2 atom stereocenters. The van der Waals surface area contributed by atoms with Crippen LogP contribution in [0.5, 0.6) is 0 Å². The number of benzene rings is 2. The molecule has 1 aromatic heterocycles. The highest BCUT2D eigenvalue weighted by atomic mass is 35.5. The summed E-state index contributed by atoms with van der Waals surface area (Å²) in [4.78, 5) is 58.4. The van der Waals surface area contributed by atoms with Crippen LogP contribution in [0.1, 0.15) is 74.6 Å². The minimum atomic E-state index is -1.38. The quantitative estimate of drug-likeness (QED) is 0.271. The highest BCUT2D eigenvalue weighted by Crippen LogP contribution is 2.46. The summed E-state index contributed by atoms with van der Waals surface area (Å²) >= 11 is 6.13. The van der Waals surface area contributed by atoms with Crippen molar-refractivity contribution in [2.75, 3.05) is 36.1 Å². The van der Waals surface area contributed by atoms with Gasteiger partial charge in [-0.25, -0.2) is 14.0 Å². The molecular weight excluding hydrogens is 629 g/mol. The number of halogens is 2. The monoisotopic (exact) mass is 663 g/mol. The van der Waals surface area contributed by atoms with Crippen molar-refractivity contribution in [3.63, 3.8) is 0 Å². The van der Waals surface area contributed by atoms with Crippen molar-refractivity contribution in [1.29, 1.82) is 0 Å². The van der Waals surface area contributed by atoms with Crippen molar-refractivity contribution in [3.05, 3.63) is 70.1 Å². The smallest absolute Gasteiger partial charge is 0.412 e. The summed E-state index contributed by atoms with van der Waals surface area (Å²) in [7, 11) is 1.26. The SMILES string of the molecule is COC(=O)Nc1ccc2c(c1)NC(=O)CCCCC(C(=O)N1CC[C@@]3(C1)OC(=O)Nc1ccc(Cl)c(F)c13)c1cc-2nc(C(C)C)c1. The van der Waals surface area contributed by atoms with Gasteiger partial charge in [0.05, 0.1) is 47.2 Å². The van der Waals surface area contributed by atoms with Crippen molar-refractivity contribution in [1.82, 2.24) is 9.88 Å². The normalized spacial score (nSPS) is 20.6. The molecule has 11 nitrogen and oxygen atoms in total. The fraction of sp³-hybridized carbons (Fsp3) is 0.382. The highest BCUT2D eigenvalue weighted by molar-refractivity contribution is 6.31. The summed E-state index contributed by atoms with van der Waals surface area (Å²) < 4.78 is 25.9. The van der Waals surface area contributed by atoms with E-state index in [1.165, 1.54) is 19.2 Å². The van der Waals surface area contributed by atoms with E-state index >= 15 is 4.39 Å². The summed E-state index contributed by atoms with van der Waals surface area (Å²) in [5.41, 5.74) is 2.61. The number of nitrogens with one attached hydrogen (secondary N) is 3. The molecule has 4 amide bonds. The molecule has 0 radical (unpaired) electrons. The molecule has 1 spiro atoms. The van der Waals surface area contributed by atoms with Gasteiger partial charge in [0.15, 0.2) is 11.4 Å². The summed E-state index contributed by atoms with van der Waals surface area (Å²) in [5.74, 6) is -1.67. The Morgan fingerprint density at radius 3 is 2.70 bits per heavy atom. The number of ether oxygens (including phenoxy) is 2. The molecule has 0 aliphatic carbocycles. The van der Waals surface area contributed by atoms with Crippen LogP contribution in [0.15, 0.2) is 42.5 Å². The number of fused-ring (bicyclic) bond motifs is 6. The van der Waals surface area contributed by atoms with Crippen molar-refractivity contribution in [2.24, 2.45) is 0 Å². The molecule has 6 rings (SSSR count). The molecule has 13 heteroatoms. The zero-order chi connectivity index (χ0) is 33.5. The molecule has 4 heterocycles. The van der Waals surface area contributed by atoms with Crippen LogP contribution in [0.4, 0.5) is 31.0 Å². The average molecular weight is 664 g/mol. The summed E-state index contributed by atoms with van der Waals surface area (Å²) in [6.07, 6.45) is 0.637. The molecule has 2 aromatic carbocycles. The Morgan fingerprint density at radius 2 is 1.94 bits per heavy atom. The number of hydrogen-bond donors (Lipinski definition) is 3. The predicted octanol–water partition coefficient (Wildman–Crippen LogP) is 7.13. The van der Waals surface area contributed by atoms with Crippen LogP contribution < -0.4 is 16.0 Å². The molecule has 0 saturated carbocycles. The molecule has 3 aliphatic rings. The Bertz CT molecular complexity index is 1780. The third-order valence-electron chi connectivity index (χ3n) is 8.93. The van der Waals surface area contributed by atoms with Gasteiger partial charge in [0, 0.05) is 36.3 Å². The lowest BCUT2D eigenvalue weighted by Crippen LogP contribution is -2.44. The second-order valence-electron chi connectivity index (χ2n) is 12.4. The predicted molar refractivity (Wildman–Crippen MR) is 174 cm³/mol. The average Bonchev–Trinajstić information content (AvgIpc) is 3.45. The summed E-state index contributed by atoms with van der Waals surface area (Å²) in [6.45, 7) is 4.23. The van der Waals surface area contributed by atoms with Gasteiger partial charge in [0.25, 0.3) is 0 Å². The molecule has 2 bridgehead atoms. The number of anilines is 3. The number of carbonyl (C=O) groups is 4. The number of carbonyl (C=O) groups excluding carboxylic acids is 4. The van der Waals surface area contributed by atoms with E-state index < -0.39 is 29.5 Å². The Balaban J connectivity index is 1.39. The van der Waals surface area contributed by atoms with Crippen molar-refractivity contribution in [3.8, 4) is 11.3 Å². The Hall–Kier alpha value is -4.71. The standard InChI is InChI=1S/C34H35ClFN5O6/c1-18(2)25-14-19-15-26(38-25)22-9-8-20(37-32(44)46-3)16-27(22)39-28(42)7-5-4-6-21(19)31(43)41-13-12-34(17-41)29-24(40-33(45)47-34)11-10-23(35)30(29)36/h8-11,14-16,18,21H,4-7,12-13,17H2,1-3H3,(H,37,44)(H,39,42)(H,40,45)/t21?,34-/m0/s1. The first-order valence-electron chi connectivity index (χ1n) is 15.6. The molecule has 1 unspecified atom stereocenters. The van der Waals surface area contributed by atoms with E-state index in [0.717, 1.165) is 11.3 Å². The van der Waals surface area contributed by atoms with Crippen LogP contribution in [0.2, 0.25) is 5.02 Å². The molecule has 1 fully saturated rings. The number of nitrogens with zero attached hydrogens (tertiary/aromatic N) is 2. The van der Waals surface area contributed by atoms with Crippen LogP contribution in [0.3, 0.4) is 0 Å². The van der Waals surface area contributed by atoms with E-state index in [4.69, 9.17) is 26.1 Å². The zero-order valence-electron chi connectivity index (χ0n) is 26.2. The van der Waals surface area contributed by atoms with Gasteiger partial charge in [-0.1, -0.05) is 31.9 Å². The van der Waals surface area contributed by atoms with Crippen LogP contribution in [0.25, 0.3) is 11.3 Å². The summed E-state index contributed by atoms with van der Waals surface area (Å²) in [5, 5.41) is 8.03. The van der Waals surface area contributed by atoms with Crippen LogP contribution in [-0.4, -0.2) is 54.1 Å². The van der Waals surface area contributed by atoms with E-state index in [1.54, 1.807) is 23.1 Å². The molecule has 246 valence electrons. The number of amides is 4. The Kier molecular flexibility index (Phi) is 8.80. The molecule has 3 N–H and O–H groups in total. The number of methoxy groups -OCH3 is 1. The van der Waals surface area contributed by atoms with Crippen LogP contribution >= 0.6 is 11.6 Å². The topological polar surface area (TPSA) is 139 Å². The van der Waals surface area contributed by atoms with Gasteiger partial charge in [-0.3, -0.25) is 25.2 Å². The van der Waals surface area contributed by atoms with E-state index in [9.17, 15) is 19.2 Å². The molecular formula is C34H35ClFN5O6. The third-order valence-corrected chi connectivity index (χ3v) is 9.22.